The fourth-order valence-corrected chi connectivity index (χ4v) is 21.4. The Bertz CT molecular complexity index is 3950. The first-order chi connectivity index (χ1) is 60.8. The molecule has 8 bridgehead atoms. The minimum absolute atomic E-state index is 0.0155. The van der Waals surface area contributed by atoms with E-state index in [1.165, 1.54) is 73.9 Å². The minimum Gasteiger partial charge on any atom is -0.456 e. The van der Waals surface area contributed by atoms with Gasteiger partial charge in [0, 0.05) is 121 Å². The third kappa shape index (κ3) is 42.3. The molecule has 128 heavy (non-hydrogen) atoms. The molecule has 0 radical (unpaired) electrons. The first kappa shape index (κ1) is 110. The van der Waals surface area contributed by atoms with Crippen molar-refractivity contribution in [2.75, 3.05) is 78.7 Å². The number of amides is 12. The van der Waals surface area contributed by atoms with Gasteiger partial charge in [0.05, 0.1) is 6.54 Å². The monoisotopic (exact) mass is 1940 g/mol. The van der Waals surface area contributed by atoms with Gasteiger partial charge in [0.15, 0.2) is 0 Å². The first-order valence-corrected chi connectivity index (χ1v) is 52.4. The van der Waals surface area contributed by atoms with Gasteiger partial charge in [-0.15, -0.1) is 0 Å². The van der Waals surface area contributed by atoms with E-state index in [4.69, 9.17) is 18.9 Å². The number of carbonyl (C=O) groups excluding carboxylic acids is 20. The van der Waals surface area contributed by atoms with Gasteiger partial charge in [0.25, 0.3) is 5.91 Å². The van der Waals surface area contributed by atoms with Crippen LogP contribution in [0, 0.1) is 47.3 Å². The number of hydrogen-bond acceptors (Lipinski definition) is 32. The van der Waals surface area contributed by atoms with Crippen LogP contribution < -0.4 is 63.8 Å². The van der Waals surface area contributed by atoms with E-state index in [0.717, 1.165) is 23.0 Å². The molecular formula is C84H122N12O24S8. The molecule has 8 rings (SSSR count). The largest absolute Gasteiger partial charge is 0.456 e. The smallest absolute Gasteiger partial charge is 0.326 e. The van der Waals surface area contributed by atoms with E-state index < -0.39 is 168 Å². The maximum Gasteiger partial charge on any atom is 0.326 e. The van der Waals surface area contributed by atoms with Crippen LogP contribution in [0.1, 0.15) is 153 Å². The van der Waals surface area contributed by atoms with Crippen molar-refractivity contribution in [3.8, 4) is 0 Å². The van der Waals surface area contributed by atoms with E-state index in [1.807, 2.05) is 79.7 Å². The zero-order valence-corrected chi connectivity index (χ0v) is 80.4. The number of Topliss-reactive ketones (excluding diaryl/α,β-unsaturated/α-hetero) is 4. The van der Waals surface area contributed by atoms with Gasteiger partial charge >= 0.3 is 23.9 Å². The van der Waals surface area contributed by atoms with Crippen molar-refractivity contribution in [2.24, 2.45) is 47.3 Å². The second-order valence-corrected chi connectivity index (χ2v) is 42.6. The second-order valence-electron chi connectivity index (χ2n) is 32.1. The van der Waals surface area contributed by atoms with E-state index in [2.05, 4.69) is 63.8 Å². The van der Waals surface area contributed by atoms with Crippen LogP contribution in [0.15, 0.2) is 60.4 Å². The molecular weight excluding hydrogens is 1820 g/mol. The fourth-order valence-electron chi connectivity index (χ4n) is 12.8. The van der Waals surface area contributed by atoms with Crippen LogP contribution in [0.4, 0.5) is 0 Å². The molecule has 710 valence electrons. The number of nitrogens with one attached hydrogen (secondary N) is 12. The molecule has 12 amide bonds. The predicted octanol–water partition coefficient (Wildman–Crippen LogP) is 4.05. The molecule has 12 N–H and O–H groups in total. The van der Waals surface area contributed by atoms with Crippen molar-refractivity contribution < 1.29 is 115 Å². The quantitative estimate of drug-likeness (QED) is 0.0621. The summed E-state index contributed by atoms with van der Waals surface area (Å²) in [5, 5.41) is 30.9. The molecule has 0 aromatic heterocycles. The highest BCUT2D eigenvalue weighted by Crippen LogP contribution is 2.31. The number of ketones is 4. The molecule has 4 fully saturated rings. The highest BCUT2D eigenvalue weighted by molar-refractivity contribution is 8.77. The molecule has 0 saturated carbocycles. The Balaban J connectivity index is 0.000000303. The molecule has 0 aliphatic carbocycles. The van der Waals surface area contributed by atoms with Crippen LogP contribution in [-0.2, 0) is 115 Å². The summed E-state index contributed by atoms with van der Waals surface area (Å²) in [6.45, 7) is 17.4. The molecule has 4 saturated heterocycles. The minimum atomic E-state index is -0.908. The summed E-state index contributed by atoms with van der Waals surface area (Å²) in [6.07, 6.45) is 14.8. The zero-order chi connectivity index (χ0) is 94.5. The average molecular weight is 1940 g/mol. The molecule has 0 aromatic rings. The Kier molecular flexibility index (Phi) is 51.0. The van der Waals surface area contributed by atoms with Crippen molar-refractivity contribution in [1.82, 2.24) is 63.8 Å². The molecule has 14 atom stereocenters. The van der Waals surface area contributed by atoms with E-state index in [0.29, 0.717) is 42.9 Å². The van der Waals surface area contributed by atoms with Crippen LogP contribution in [0.5, 0.6) is 0 Å². The van der Waals surface area contributed by atoms with E-state index in [1.54, 1.807) is 63.6 Å². The van der Waals surface area contributed by atoms with Crippen LogP contribution in [0.3, 0.4) is 0 Å². The van der Waals surface area contributed by atoms with Crippen molar-refractivity contribution >= 4 is 204 Å². The van der Waals surface area contributed by atoms with Crippen molar-refractivity contribution in [2.45, 2.75) is 214 Å². The summed E-state index contributed by atoms with van der Waals surface area (Å²) < 4.78 is 21.6. The number of carbonyl (C=O) groups is 20. The Morgan fingerprint density at radius 1 is 0.305 bits per heavy atom. The van der Waals surface area contributed by atoms with E-state index in [-0.39, 0.29) is 154 Å². The SMILES string of the molecule is C/C=C1\NC(=O)[C@H]2CSSCC/C=C/C(CC(=O)C[C@H](C(C)C)C(=O)N2)OC(=O)CNC1=O.CC(C)[C@H]1CC(=O)CC2/C=C/CCSSC[C@@H](NC1=O)C(=O)NCC(=O)NCC(=O)O2.CC(C)[C@H]1CC(=O)CC2/C=C/CCSSC[C@@H](NC1=O)C(=O)N[C@@H](C)C(=O)NCC(=O)O2.CC(C)[C@H]1CC(=O)CC2/C=C/CCSSC[C@@H](NC1=O)C(=O)N[C@H](C)C(=O)NCC(=O)O2. The lowest BCUT2D eigenvalue weighted by atomic mass is 9.88. The van der Waals surface area contributed by atoms with E-state index >= 15 is 0 Å². The van der Waals surface area contributed by atoms with Gasteiger partial charge in [-0.2, -0.15) is 0 Å². The van der Waals surface area contributed by atoms with Crippen LogP contribution >= 0.6 is 86.4 Å². The fraction of sp³-hybridized carbons (Fsp3) is 0.643. The van der Waals surface area contributed by atoms with Gasteiger partial charge in [-0.1, -0.05) is 172 Å². The van der Waals surface area contributed by atoms with Crippen LogP contribution in [0.2, 0.25) is 0 Å². The van der Waals surface area contributed by atoms with Crippen molar-refractivity contribution in [3.63, 3.8) is 0 Å². The van der Waals surface area contributed by atoms with Gasteiger partial charge < -0.3 is 82.7 Å². The normalized spacial score (nSPS) is 29.7. The maximum absolute atomic E-state index is 13.1. The van der Waals surface area contributed by atoms with Gasteiger partial charge in [0.1, 0.15) is 116 Å². The molecule has 8 heterocycles. The lowest BCUT2D eigenvalue weighted by Gasteiger charge is -2.25. The molecule has 44 heteroatoms. The Hall–Kier alpha value is -8.30. The molecule has 4 unspecified atom stereocenters. The third-order valence-electron chi connectivity index (χ3n) is 20.2. The van der Waals surface area contributed by atoms with Crippen LogP contribution in [-0.4, -0.2) is 257 Å². The molecule has 8 aliphatic rings. The number of fused-ring (bicyclic) bond motifs is 28. The Morgan fingerprint density at radius 2 is 0.570 bits per heavy atom. The van der Waals surface area contributed by atoms with E-state index in [9.17, 15) is 95.9 Å². The van der Waals surface area contributed by atoms with Gasteiger partial charge in [-0.05, 0) is 94.4 Å². The van der Waals surface area contributed by atoms with Crippen molar-refractivity contribution in [1.29, 1.82) is 0 Å². The Labute approximate surface area is 777 Å². The van der Waals surface area contributed by atoms with Gasteiger partial charge in [-0.25, -0.2) is 0 Å². The van der Waals surface area contributed by atoms with Gasteiger partial charge in [0.2, 0.25) is 65.0 Å². The number of esters is 4. The summed E-state index contributed by atoms with van der Waals surface area (Å²) >= 11 is 0. The summed E-state index contributed by atoms with van der Waals surface area (Å²) in [7, 11) is 12.0. The van der Waals surface area contributed by atoms with Gasteiger partial charge in [-0.3, -0.25) is 95.9 Å². The number of allylic oxidation sites excluding steroid dienone is 5. The predicted molar refractivity (Wildman–Crippen MR) is 494 cm³/mol. The highest BCUT2D eigenvalue weighted by Gasteiger charge is 2.38. The lowest BCUT2D eigenvalue weighted by molar-refractivity contribution is -0.149. The molecule has 0 aromatic carbocycles. The molecule has 0 spiro atoms. The molecule has 36 nitrogen and oxygen atoms in total. The lowest BCUT2D eigenvalue weighted by Crippen LogP contribution is -2.55. The first-order valence-electron chi connectivity index (χ1n) is 42.5. The number of ether oxygens (including phenoxy) is 4. The Morgan fingerprint density at radius 3 is 0.859 bits per heavy atom. The zero-order valence-electron chi connectivity index (χ0n) is 73.8. The third-order valence-corrected chi connectivity index (χ3v) is 30.0. The highest BCUT2D eigenvalue weighted by atomic mass is 33.1. The van der Waals surface area contributed by atoms with Crippen molar-refractivity contribution in [3.05, 3.63) is 60.4 Å². The second kappa shape index (κ2) is 59.2. The summed E-state index contributed by atoms with van der Waals surface area (Å²) in [4.78, 5) is 252. The average Bonchev–Trinajstić information content (AvgIpc) is 1.37. The number of hydrogen-bond donors (Lipinski definition) is 12. The summed E-state index contributed by atoms with van der Waals surface area (Å²) in [6, 6.07) is -5.29. The number of rotatable bonds is 4. The summed E-state index contributed by atoms with van der Waals surface area (Å²) in [5.41, 5.74) is -0.0341. The maximum atomic E-state index is 13.1. The summed E-state index contributed by atoms with van der Waals surface area (Å²) in [5.74, 6) is -8.47. The topological polar surface area (TPSA) is 523 Å². The molecule has 8 aliphatic heterocycles. The van der Waals surface area contributed by atoms with Crippen LogP contribution in [0.25, 0.3) is 0 Å². The standard InChI is InChI=1S/C22H31N3O6S2.2C21H31N3O6S2.C20H29N3O6S2/c1-4-17-21(29)23-11-19(27)31-15-7-5-6-8-32-33-12-18(22(30)24-17)25-20(28)16(13(2)3)10-14(26)9-15;2*1-12(2)16-9-14(25)8-15-6-4-5-7-31-32-11-17(24-20(16)28)21(29)23-13(3)19(27)22-10-18(26)30-15;1-12(2)15-8-13(24)7-14-5-3-4-6-30-31-11-16(23-19(15)27)20(28)22-9-17(25)21-10-18(26)29-14/h4-5,7,13,15-16,18H,6,8-12H2,1-3H3,(H,23,29)(H,24,30)(H,25,28);2*4,6,12-13,15-17H,5,7-11H2,1-3H3,(H,22,27)(H,23,29)(H,24,28);3,5,12,14-16H,4,6-11H2,1-2H3,(H,21,25)(H,22,28)(H,23,27)/b7-5+,17-4-;2*6-4+;5-3+/t15?,16-,18-;13-,15?,16+,17+;13-,15?,16-,17-;14?,15-,16-/m1011/s1.